The summed E-state index contributed by atoms with van der Waals surface area (Å²) in [5, 5.41) is 10.5. The van der Waals surface area contributed by atoms with E-state index in [0.29, 0.717) is 0 Å². The van der Waals surface area contributed by atoms with Crippen LogP contribution in [0.25, 0.3) is 0 Å². The first kappa shape index (κ1) is 24.3. The van der Waals surface area contributed by atoms with E-state index in [4.69, 9.17) is 24.4 Å². The van der Waals surface area contributed by atoms with E-state index < -0.39 is 41.4 Å². The van der Waals surface area contributed by atoms with Crippen molar-refractivity contribution < 1.29 is 33.3 Å². The second-order valence-electron chi connectivity index (χ2n) is 8.28. The fraction of sp³-hybridized carbons (Fsp3) is 0.684. The predicted octanol–water partition coefficient (Wildman–Crippen LogP) is 2.92. The molecule has 0 aromatic heterocycles. The van der Waals surface area contributed by atoms with E-state index in [9.17, 15) is 14.4 Å². The molecule has 0 aliphatic carbocycles. The Balaban J connectivity index is 3.12. The van der Waals surface area contributed by atoms with Gasteiger partial charge in [-0.15, -0.1) is 0 Å². The van der Waals surface area contributed by atoms with Crippen molar-refractivity contribution in [2.45, 2.75) is 72.1 Å². The molecule has 1 heterocycles. The molecule has 1 atom stereocenters. The molecule has 0 saturated heterocycles. The average Bonchev–Trinajstić information content (AvgIpc) is 2.51. The summed E-state index contributed by atoms with van der Waals surface area (Å²) in [6, 6.07) is -0.763. The van der Waals surface area contributed by atoms with Gasteiger partial charge in [0.2, 0.25) is 11.7 Å². The number of hydrogen-bond donors (Lipinski definition) is 2. The molecule has 1 rings (SSSR count). The molecule has 29 heavy (non-hydrogen) atoms. The number of ether oxygens (including phenoxy) is 4. The first-order chi connectivity index (χ1) is 13.2. The first-order valence-corrected chi connectivity index (χ1v) is 9.36. The standard InChI is InChI=1S/C19H31N3O7/c1-8-26-14(23)13-11-12(9-10-27-13)22(17(25)29-19(5,6)7)15(20)21-16(24)28-18(2,3)4/h11-12H,8-10H2,1-7H3,(H2,20,21,24). The van der Waals surface area contributed by atoms with E-state index in [1.807, 2.05) is 0 Å². The zero-order chi connectivity index (χ0) is 22.4. The highest BCUT2D eigenvalue weighted by Gasteiger charge is 2.35. The third-order valence-electron chi connectivity index (χ3n) is 3.27. The number of esters is 1. The van der Waals surface area contributed by atoms with Crippen LogP contribution in [-0.2, 0) is 23.7 Å². The van der Waals surface area contributed by atoms with Gasteiger partial charge in [-0.05, 0) is 54.5 Å². The van der Waals surface area contributed by atoms with Crippen LogP contribution in [0.2, 0.25) is 0 Å². The van der Waals surface area contributed by atoms with Gasteiger partial charge in [0, 0.05) is 6.42 Å². The van der Waals surface area contributed by atoms with Crippen molar-refractivity contribution in [2.75, 3.05) is 13.2 Å². The van der Waals surface area contributed by atoms with Crippen molar-refractivity contribution in [2.24, 2.45) is 0 Å². The molecule has 10 heteroatoms. The highest BCUT2D eigenvalue weighted by atomic mass is 16.6. The second-order valence-corrected chi connectivity index (χ2v) is 8.28. The summed E-state index contributed by atoms with van der Waals surface area (Å²) in [5.74, 6) is -1.28. The predicted molar refractivity (Wildman–Crippen MR) is 104 cm³/mol. The molecule has 1 aliphatic rings. The number of amides is 2. The number of nitrogens with one attached hydrogen (secondary N) is 2. The van der Waals surface area contributed by atoms with Crippen molar-refractivity contribution >= 4 is 24.1 Å². The lowest BCUT2D eigenvalue weighted by molar-refractivity contribution is -0.143. The monoisotopic (exact) mass is 413 g/mol. The fourth-order valence-electron chi connectivity index (χ4n) is 2.29. The lowest BCUT2D eigenvalue weighted by atomic mass is 10.1. The summed E-state index contributed by atoms with van der Waals surface area (Å²) in [7, 11) is 0. The van der Waals surface area contributed by atoms with Gasteiger partial charge in [-0.25, -0.2) is 19.3 Å². The van der Waals surface area contributed by atoms with E-state index in [1.54, 1.807) is 48.5 Å². The van der Waals surface area contributed by atoms with E-state index in [-0.39, 0.29) is 25.4 Å². The Morgan fingerprint density at radius 2 is 1.76 bits per heavy atom. The van der Waals surface area contributed by atoms with Gasteiger partial charge in [0.05, 0.1) is 19.3 Å². The number of rotatable bonds is 3. The molecule has 0 radical (unpaired) electrons. The maximum Gasteiger partial charge on any atom is 0.417 e. The Morgan fingerprint density at radius 3 is 2.28 bits per heavy atom. The number of carbonyl (C=O) groups is 3. The van der Waals surface area contributed by atoms with Gasteiger partial charge in [-0.3, -0.25) is 10.7 Å². The minimum atomic E-state index is -0.891. The number of guanidine groups is 1. The van der Waals surface area contributed by atoms with Crippen LogP contribution in [0, 0.1) is 5.41 Å². The SMILES string of the molecule is CCOC(=O)C1=CC(N(C(=N)NC(=O)OC(C)(C)C)C(=O)OC(C)(C)C)CCO1. The zero-order valence-electron chi connectivity index (χ0n) is 18.1. The lowest BCUT2D eigenvalue weighted by Gasteiger charge is -2.34. The van der Waals surface area contributed by atoms with Crippen LogP contribution in [0.15, 0.2) is 11.8 Å². The lowest BCUT2D eigenvalue weighted by Crippen LogP contribution is -2.54. The van der Waals surface area contributed by atoms with Crippen LogP contribution in [-0.4, -0.2) is 59.5 Å². The molecule has 1 unspecified atom stereocenters. The molecule has 2 amide bonds. The molecular weight excluding hydrogens is 382 g/mol. The molecule has 0 spiro atoms. The Kier molecular flexibility index (Phi) is 8.05. The maximum atomic E-state index is 12.8. The molecular formula is C19H31N3O7. The van der Waals surface area contributed by atoms with Gasteiger partial charge in [0.15, 0.2) is 0 Å². The largest absolute Gasteiger partial charge is 0.487 e. The summed E-state index contributed by atoms with van der Waals surface area (Å²) >= 11 is 0. The maximum absolute atomic E-state index is 12.8. The van der Waals surface area contributed by atoms with Crippen molar-refractivity contribution in [3.05, 3.63) is 11.8 Å². The van der Waals surface area contributed by atoms with Crippen molar-refractivity contribution in [1.29, 1.82) is 5.41 Å². The Morgan fingerprint density at radius 1 is 1.17 bits per heavy atom. The van der Waals surface area contributed by atoms with Gasteiger partial charge in [0.1, 0.15) is 11.2 Å². The van der Waals surface area contributed by atoms with E-state index in [2.05, 4.69) is 5.32 Å². The third kappa shape index (κ3) is 8.41. The van der Waals surface area contributed by atoms with Gasteiger partial charge in [0.25, 0.3) is 0 Å². The van der Waals surface area contributed by atoms with Crippen molar-refractivity contribution in [3.63, 3.8) is 0 Å². The minimum Gasteiger partial charge on any atom is -0.487 e. The zero-order valence-corrected chi connectivity index (χ0v) is 18.1. The van der Waals surface area contributed by atoms with Crippen LogP contribution < -0.4 is 5.32 Å². The third-order valence-corrected chi connectivity index (χ3v) is 3.27. The van der Waals surface area contributed by atoms with E-state index in [0.717, 1.165) is 4.90 Å². The van der Waals surface area contributed by atoms with E-state index in [1.165, 1.54) is 6.08 Å². The van der Waals surface area contributed by atoms with Gasteiger partial charge in [-0.2, -0.15) is 0 Å². The smallest absolute Gasteiger partial charge is 0.417 e. The van der Waals surface area contributed by atoms with Crippen molar-refractivity contribution in [1.82, 2.24) is 10.2 Å². The molecule has 2 N–H and O–H groups in total. The Bertz CT molecular complexity index is 674. The topological polar surface area (TPSA) is 127 Å². The average molecular weight is 413 g/mol. The number of nitrogens with zero attached hydrogens (tertiary/aromatic N) is 1. The van der Waals surface area contributed by atoms with Crippen LogP contribution in [0.3, 0.4) is 0 Å². The van der Waals surface area contributed by atoms with Gasteiger partial charge in [-0.1, -0.05) is 0 Å². The fourth-order valence-corrected chi connectivity index (χ4v) is 2.29. The van der Waals surface area contributed by atoms with Gasteiger partial charge < -0.3 is 18.9 Å². The molecule has 0 aromatic carbocycles. The summed E-state index contributed by atoms with van der Waals surface area (Å²) in [5.41, 5.74) is -1.61. The number of hydrogen-bond acceptors (Lipinski definition) is 8. The summed E-state index contributed by atoms with van der Waals surface area (Å²) in [6.07, 6.45) is -0.0975. The number of alkyl carbamates (subject to hydrolysis) is 1. The quantitative estimate of drug-likeness (QED) is 0.315. The number of carbonyl (C=O) groups excluding carboxylic acids is 3. The normalized spacial score (nSPS) is 16.7. The molecule has 164 valence electrons. The minimum absolute atomic E-state index is 0.0678. The van der Waals surface area contributed by atoms with Crippen LogP contribution in [0.5, 0.6) is 0 Å². The molecule has 0 bridgehead atoms. The first-order valence-electron chi connectivity index (χ1n) is 9.36. The molecule has 0 saturated carbocycles. The molecule has 1 aliphatic heterocycles. The highest BCUT2D eigenvalue weighted by molar-refractivity contribution is 6.00. The summed E-state index contributed by atoms with van der Waals surface area (Å²) < 4.78 is 20.7. The van der Waals surface area contributed by atoms with Crippen LogP contribution in [0.4, 0.5) is 9.59 Å². The van der Waals surface area contributed by atoms with Crippen LogP contribution >= 0.6 is 0 Å². The van der Waals surface area contributed by atoms with Crippen molar-refractivity contribution in [3.8, 4) is 0 Å². The molecule has 10 nitrogen and oxygen atoms in total. The Hall–Kier alpha value is -2.78. The summed E-state index contributed by atoms with van der Waals surface area (Å²) in [4.78, 5) is 37.7. The highest BCUT2D eigenvalue weighted by Crippen LogP contribution is 2.20. The van der Waals surface area contributed by atoms with Crippen LogP contribution in [0.1, 0.15) is 54.9 Å². The second kappa shape index (κ2) is 9.62. The molecule has 0 aromatic rings. The Labute approximate surface area is 171 Å². The van der Waals surface area contributed by atoms with Gasteiger partial charge >= 0.3 is 18.2 Å². The van der Waals surface area contributed by atoms with E-state index >= 15 is 0 Å². The summed E-state index contributed by atoms with van der Waals surface area (Å²) in [6.45, 7) is 12.0. The molecule has 0 fully saturated rings.